The van der Waals surface area contributed by atoms with Crippen molar-refractivity contribution in [2.24, 2.45) is 0 Å². The van der Waals surface area contributed by atoms with Gasteiger partial charge >= 0.3 is 16.1 Å². The van der Waals surface area contributed by atoms with Crippen molar-refractivity contribution in [1.82, 2.24) is 4.90 Å². The summed E-state index contributed by atoms with van der Waals surface area (Å²) in [4.78, 5) is 47.0. The van der Waals surface area contributed by atoms with E-state index in [1.165, 1.54) is 42.5 Å². The van der Waals surface area contributed by atoms with E-state index in [9.17, 15) is 32.9 Å². The van der Waals surface area contributed by atoms with Gasteiger partial charge in [0.05, 0.1) is 15.9 Å². The standard InChI is InChI=1S/C21H18N2O9S2/c1-13(2)31-19(24)12-22-20(25)18(33-21(22)26)10-14-6-8-16(9-7-14)32-34(29,30)17-5-3-4-15(11-17)23(27)28/h3-11,13H,12H2,1-2H3/b18-10-. The van der Waals surface area contributed by atoms with Crippen LogP contribution in [0.15, 0.2) is 58.3 Å². The molecule has 0 N–H and O–H groups in total. The zero-order valence-electron chi connectivity index (χ0n) is 17.9. The molecule has 2 aromatic rings. The number of amides is 2. The number of non-ortho nitro benzene ring substituents is 1. The Balaban J connectivity index is 1.71. The zero-order chi connectivity index (χ0) is 25.0. The molecule has 13 heteroatoms. The van der Waals surface area contributed by atoms with Crippen molar-refractivity contribution < 1.29 is 36.6 Å². The second kappa shape index (κ2) is 10.1. The maximum absolute atomic E-state index is 12.5. The number of nitrogens with zero attached hydrogens (tertiary/aromatic N) is 2. The van der Waals surface area contributed by atoms with Gasteiger partial charge in [-0.05, 0) is 55.4 Å². The highest BCUT2D eigenvalue weighted by Crippen LogP contribution is 2.32. The predicted octanol–water partition coefficient (Wildman–Crippen LogP) is 3.35. The third-order valence-corrected chi connectivity index (χ3v) is 6.38. The van der Waals surface area contributed by atoms with Gasteiger partial charge < -0.3 is 8.92 Å². The van der Waals surface area contributed by atoms with Crippen molar-refractivity contribution in [3.63, 3.8) is 0 Å². The molecule has 11 nitrogen and oxygen atoms in total. The first-order valence-electron chi connectivity index (χ1n) is 9.70. The summed E-state index contributed by atoms with van der Waals surface area (Å²) < 4.78 is 34.8. The summed E-state index contributed by atoms with van der Waals surface area (Å²) in [5.41, 5.74) is 0.0711. The van der Waals surface area contributed by atoms with Crippen LogP contribution in [0.3, 0.4) is 0 Å². The number of thioether (sulfide) groups is 1. The van der Waals surface area contributed by atoms with E-state index < -0.39 is 44.4 Å². The molecule has 34 heavy (non-hydrogen) atoms. The van der Waals surface area contributed by atoms with Crippen LogP contribution in [0.2, 0.25) is 0 Å². The molecule has 3 rings (SSSR count). The van der Waals surface area contributed by atoms with E-state index in [2.05, 4.69) is 0 Å². The number of carbonyl (C=O) groups is 3. The fraction of sp³-hybridized carbons (Fsp3) is 0.190. The molecular formula is C21H18N2O9S2. The minimum absolute atomic E-state index is 0.0619. The Morgan fingerprint density at radius 3 is 2.47 bits per heavy atom. The van der Waals surface area contributed by atoms with Crippen molar-refractivity contribution in [2.75, 3.05) is 6.54 Å². The molecule has 0 saturated carbocycles. The van der Waals surface area contributed by atoms with E-state index in [-0.39, 0.29) is 21.7 Å². The summed E-state index contributed by atoms with van der Waals surface area (Å²) in [6, 6.07) is 10.0. The Bertz CT molecular complexity index is 1290. The lowest BCUT2D eigenvalue weighted by molar-refractivity contribution is -0.385. The molecular weight excluding hydrogens is 488 g/mol. The molecule has 178 valence electrons. The summed E-state index contributed by atoms with van der Waals surface area (Å²) in [5, 5.41) is 10.3. The number of ether oxygens (including phenoxy) is 1. The minimum Gasteiger partial charge on any atom is -0.462 e. The summed E-state index contributed by atoms with van der Waals surface area (Å²) in [7, 11) is -4.32. The van der Waals surface area contributed by atoms with Gasteiger partial charge in [0.2, 0.25) is 0 Å². The SMILES string of the molecule is CC(C)OC(=O)CN1C(=O)S/C(=C\c2ccc(OS(=O)(=O)c3cccc([N+](=O)[O-])c3)cc2)C1=O. The van der Waals surface area contributed by atoms with Crippen LogP contribution in [0.5, 0.6) is 5.75 Å². The van der Waals surface area contributed by atoms with Gasteiger partial charge in [-0.2, -0.15) is 8.42 Å². The van der Waals surface area contributed by atoms with E-state index >= 15 is 0 Å². The number of hydrogen-bond donors (Lipinski definition) is 0. The number of hydrogen-bond acceptors (Lipinski definition) is 10. The summed E-state index contributed by atoms with van der Waals surface area (Å²) in [5.74, 6) is -1.41. The highest BCUT2D eigenvalue weighted by Gasteiger charge is 2.36. The largest absolute Gasteiger partial charge is 0.462 e. The fourth-order valence-corrected chi connectivity index (χ4v) is 4.57. The van der Waals surface area contributed by atoms with E-state index in [0.717, 1.165) is 17.0 Å². The van der Waals surface area contributed by atoms with E-state index in [1.807, 2.05) is 0 Å². The molecule has 0 unspecified atom stereocenters. The average Bonchev–Trinajstić information content (AvgIpc) is 3.01. The third-order valence-electron chi connectivity index (χ3n) is 4.23. The minimum atomic E-state index is -4.32. The quantitative estimate of drug-likeness (QED) is 0.171. The number of imide groups is 1. The first kappa shape index (κ1) is 24.9. The maximum atomic E-state index is 12.5. The molecule has 0 aliphatic carbocycles. The number of esters is 1. The Labute approximate surface area is 198 Å². The molecule has 1 heterocycles. The number of benzene rings is 2. The molecule has 1 aliphatic heterocycles. The smallest absolute Gasteiger partial charge is 0.339 e. The van der Waals surface area contributed by atoms with Crippen molar-refractivity contribution >= 4 is 50.8 Å². The maximum Gasteiger partial charge on any atom is 0.339 e. The Kier molecular flexibility index (Phi) is 7.37. The van der Waals surface area contributed by atoms with Gasteiger partial charge in [0.1, 0.15) is 17.2 Å². The summed E-state index contributed by atoms with van der Waals surface area (Å²) >= 11 is 0.661. The summed E-state index contributed by atoms with van der Waals surface area (Å²) in [6.45, 7) is 2.80. The van der Waals surface area contributed by atoms with Crippen LogP contribution in [0, 0.1) is 10.1 Å². The second-order valence-corrected chi connectivity index (χ2v) is 9.71. The molecule has 1 aliphatic rings. The highest BCUT2D eigenvalue weighted by molar-refractivity contribution is 8.18. The van der Waals surface area contributed by atoms with Crippen LogP contribution in [0.1, 0.15) is 19.4 Å². The van der Waals surface area contributed by atoms with Gasteiger partial charge in [-0.1, -0.05) is 18.2 Å². The van der Waals surface area contributed by atoms with Gasteiger partial charge in [-0.25, -0.2) is 0 Å². The van der Waals surface area contributed by atoms with Crippen LogP contribution in [0.25, 0.3) is 6.08 Å². The molecule has 1 saturated heterocycles. The molecule has 0 bridgehead atoms. The molecule has 0 spiro atoms. The first-order chi connectivity index (χ1) is 16.0. The van der Waals surface area contributed by atoms with Crippen LogP contribution >= 0.6 is 11.8 Å². The van der Waals surface area contributed by atoms with Crippen LogP contribution in [0.4, 0.5) is 10.5 Å². The lowest BCUT2D eigenvalue weighted by atomic mass is 10.2. The van der Waals surface area contributed by atoms with Crippen LogP contribution in [-0.4, -0.2) is 48.0 Å². The monoisotopic (exact) mass is 506 g/mol. The molecule has 0 atom stereocenters. The third kappa shape index (κ3) is 5.99. The Hall–Kier alpha value is -3.71. The van der Waals surface area contributed by atoms with Crippen LogP contribution < -0.4 is 4.18 Å². The van der Waals surface area contributed by atoms with Crippen molar-refractivity contribution in [3.8, 4) is 5.75 Å². The molecule has 2 aromatic carbocycles. The summed E-state index contributed by atoms with van der Waals surface area (Å²) in [6.07, 6.45) is 1.03. The average molecular weight is 507 g/mol. The van der Waals surface area contributed by atoms with Crippen molar-refractivity contribution in [1.29, 1.82) is 0 Å². The topological polar surface area (TPSA) is 150 Å². The second-order valence-electron chi connectivity index (χ2n) is 7.17. The highest BCUT2D eigenvalue weighted by atomic mass is 32.2. The first-order valence-corrected chi connectivity index (χ1v) is 11.9. The lowest BCUT2D eigenvalue weighted by Gasteiger charge is -2.13. The van der Waals surface area contributed by atoms with Gasteiger partial charge in [0, 0.05) is 12.1 Å². The van der Waals surface area contributed by atoms with Crippen LogP contribution in [-0.2, 0) is 24.4 Å². The predicted molar refractivity (Wildman–Crippen MR) is 121 cm³/mol. The van der Waals surface area contributed by atoms with E-state index in [4.69, 9.17) is 8.92 Å². The van der Waals surface area contributed by atoms with Gasteiger partial charge in [-0.15, -0.1) is 0 Å². The number of carbonyl (C=O) groups excluding carboxylic acids is 3. The molecule has 1 fully saturated rings. The van der Waals surface area contributed by atoms with Crippen molar-refractivity contribution in [2.45, 2.75) is 24.8 Å². The van der Waals surface area contributed by atoms with Gasteiger partial charge in [-0.3, -0.25) is 29.4 Å². The Morgan fingerprint density at radius 2 is 1.85 bits per heavy atom. The number of rotatable bonds is 8. The lowest BCUT2D eigenvalue weighted by Crippen LogP contribution is -2.35. The van der Waals surface area contributed by atoms with Gasteiger partial charge in [0.25, 0.3) is 16.8 Å². The molecule has 0 radical (unpaired) electrons. The number of nitro groups is 1. The Morgan fingerprint density at radius 1 is 1.18 bits per heavy atom. The zero-order valence-corrected chi connectivity index (χ0v) is 19.5. The van der Waals surface area contributed by atoms with Crippen molar-refractivity contribution in [3.05, 3.63) is 69.1 Å². The molecule has 2 amide bonds. The van der Waals surface area contributed by atoms with E-state index in [1.54, 1.807) is 13.8 Å². The molecule has 0 aromatic heterocycles. The number of nitro benzene ring substituents is 1. The van der Waals surface area contributed by atoms with Gasteiger partial charge in [0.15, 0.2) is 0 Å². The van der Waals surface area contributed by atoms with E-state index in [0.29, 0.717) is 17.3 Å². The normalized spacial score (nSPS) is 15.1. The fourth-order valence-electron chi connectivity index (χ4n) is 2.76.